The lowest BCUT2D eigenvalue weighted by Crippen LogP contribution is -2.34. The summed E-state index contributed by atoms with van der Waals surface area (Å²) in [7, 11) is 4.33. The van der Waals surface area contributed by atoms with Crippen LogP contribution in [-0.2, 0) is 12.8 Å². The third-order valence-corrected chi connectivity index (χ3v) is 4.47. The minimum absolute atomic E-state index is 0.564. The van der Waals surface area contributed by atoms with E-state index in [9.17, 15) is 0 Å². The molecule has 0 fully saturated rings. The second-order valence-corrected chi connectivity index (χ2v) is 5.84. The number of nitrogens with one attached hydrogen (secondary N) is 2. The first-order valence-corrected chi connectivity index (χ1v) is 7.01. The van der Waals surface area contributed by atoms with Gasteiger partial charge in [-0.1, -0.05) is 6.07 Å². The first-order valence-electron chi connectivity index (χ1n) is 7.01. The van der Waals surface area contributed by atoms with Crippen molar-refractivity contribution >= 4 is 10.9 Å². The van der Waals surface area contributed by atoms with Crippen LogP contribution in [0.4, 0.5) is 0 Å². The van der Waals surface area contributed by atoms with Gasteiger partial charge in [-0.2, -0.15) is 5.10 Å². The van der Waals surface area contributed by atoms with E-state index in [-0.39, 0.29) is 0 Å². The summed E-state index contributed by atoms with van der Waals surface area (Å²) in [6.07, 6.45) is 8.26. The summed E-state index contributed by atoms with van der Waals surface area (Å²) in [5, 5.41) is 8.43. The van der Waals surface area contributed by atoms with Gasteiger partial charge in [0.05, 0.1) is 6.20 Å². The summed E-state index contributed by atoms with van der Waals surface area (Å²) in [4.78, 5) is 5.74. The fourth-order valence-corrected chi connectivity index (χ4v) is 3.34. The monoisotopic (exact) mass is 266 g/mol. The summed E-state index contributed by atoms with van der Waals surface area (Å²) >= 11 is 0. The molecule has 1 aromatic carbocycles. The molecular weight excluding hydrogens is 248 g/mol. The van der Waals surface area contributed by atoms with Crippen molar-refractivity contribution in [3.8, 4) is 11.1 Å². The molecule has 2 N–H and O–H groups in total. The fourth-order valence-electron chi connectivity index (χ4n) is 3.34. The van der Waals surface area contributed by atoms with E-state index in [0.29, 0.717) is 6.04 Å². The van der Waals surface area contributed by atoms with E-state index in [1.54, 1.807) is 0 Å². The number of rotatable bonds is 2. The Morgan fingerprint density at radius 3 is 2.85 bits per heavy atom. The van der Waals surface area contributed by atoms with Gasteiger partial charge in [0, 0.05) is 34.9 Å². The maximum atomic E-state index is 4.09. The molecule has 0 bridgehead atoms. The van der Waals surface area contributed by atoms with Gasteiger partial charge < -0.3 is 9.88 Å². The molecule has 0 radical (unpaired) electrons. The molecule has 1 atom stereocenters. The van der Waals surface area contributed by atoms with Crippen molar-refractivity contribution < 1.29 is 0 Å². The van der Waals surface area contributed by atoms with Crippen LogP contribution in [-0.4, -0.2) is 40.2 Å². The highest BCUT2D eigenvalue weighted by molar-refractivity contribution is 5.93. The zero-order valence-corrected chi connectivity index (χ0v) is 11.8. The molecule has 0 spiro atoms. The maximum absolute atomic E-state index is 4.09. The molecule has 4 nitrogen and oxygen atoms in total. The third-order valence-electron chi connectivity index (χ3n) is 4.47. The van der Waals surface area contributed by atoms with Crippen molar-refractivity contribution in [2.75, 3.05) is 14.1 Å². The molecule has 0 unspecified atom stereocenters. The van der Waals surface area contributed by atoms with Crippen molar-refractivity contribution in [1.82, 2.24) is 20.1 Å². The van der Waals surface area contributed by atoms with Crippen LogP contribution in [0.25, 0.3) is 22.0 Å². The average molecular weight is 266 g/mol. The SMILES string of the molecule is CN(C)[C@H]1Cc2c[nH]c3ccc(-c4cn[nH]c4)c(c23)C1. The molecule has 0 amide bonds. The van der Waals surface area contributed by atoms with Crippen LogP contribution < -0.4 is 0 Å². The first-order chi connectivity index (χ1) is 9.74. The smallest absolute Gasteiger partial charge is 0.0565 e. The van der Waals surface area contributed by atoms with Crippen molar-refractivity contribution in [3.63, 3.8) is 0 Å². The molecule has 1 aliphatic rings. The second kappa shape index (κ2) is 4.21. The lowest BCUT2D eigenvalue weighted by molar-refractivity contribution is 0.288. The van der Waals surface area contributed by atoms with Crippen LogP contribution in [0, 0.1) is 0 Å². The minimum Gasteiger partial charge on any atom is -0.361 e. The van der Waals surface area contributed by atoms with E-state index >= 15 is 0 Å². The Hall–Kier alpha value is -2.07. The molecule has 2 aromatic heterocycles. The Morgan fingerprint density at radius 1 is 1.20 bits per heavy atom. The molecule has 4 heteroatoms. The Labute approximate surface area is 117 Å². The number of aromatic nitrogens is 3. The number of hydrogen-bond acceptors (Lipinski definition) is 2. The lowest BCUT2D eigenvalue weighted by Gasteiger charge is -2.29. The van der Waals surface area contributed by atoms with Crippen LogP contribution in [0.15, 0.2) is 30.7 Å². The van der Waals surface area contributed by atoms with Gasteiger partial charge in [0.25, 0.3) is 0 Å². The minimum atomic E-state index is 0.564. The van der Waals surface area contributed by atoms with Crippen molar-refractivity contribution in [1.29, 1.82) is 0 Å². The number of benzene rings is 1. The highest BCUT2D eigenvalue weighted by atomic mass is 15.1. The predicted octanol–water partition coefficient (Wildman–Crippen LogP) is 2.59. The summed E-state index contributed by atoms with van der Waals surface area (Å²) in [6.45, 7) is 0. The molecule has 20 heavy (non-hydrogen) atoms. The van der Waals surface area contributed by atoms with Gasteiger partial charge in [0.2, 0.25) is 0 Å². The van der Waals surface area contributed by atoms with E-state index in [4.69, 9.17) is 0 Å². The van der Waals surface area contributed by atoms with E-state index in [1.807, 2.05) is 12.4 Å². The number of aromatic amines is 2. The number of hydrogen-bond donors (Lipinski definition) is 2. The van der Waals surface area contributed by atoms with Crippen LogP contribution >= 0.6 is 0 Å². The Kier molecular flexibility index (Phi) is 2.47. The zero-order chi connectivity index (χ0) is 13.7. The lowest BCUT2D eigenvalue weighted by atomic mass is 9.84. The molecule has 0 saturated heterocycles. The van der Waals surface area contributed by atoms with Gasteiger partial charge in [-0.05, 0) is 49.7 Å². The van der Waals surface area contributed by atoms with E-state index in [2.05, 4.69) is 52.5 Å². The molecular formula is C16H18N4. The summed E-state index contributed by atoms with van der Waals surface area (Å²) in [6, 6.07) is 4.95. The normalized spacial score (nSPS) is 18.1. The molecule has 1 aliphatic carbocycles. The van der Waals surface area contributed by atoms with Gasteiger partial charge in [-0.25, -0.2) is 0 Å². The topological polar surface area (TPSA) is 47.7 Å². The fraction of sp³-hybridized carbons (Fsp3) is 0.312. The van der Waals surface area contributed by atoms with Gasteiger partial charge in [-0.3, -0.25) is 5.10 Å². The van der Waals surface area contributed by atoms with Gasteiger partial charge in [0.1, 0.15) is 0 Å². The van der Waals surface area contributed by atoms with Crippen LogP contribution in [0.5, 0.6) is 0 Å². The Morgan fingerprint density at radius 2 is 2.10 bits per heavy atom. The molecule has 0 saturated carbocycles. The molecule has 2 heterocycles. The molecule has 4 rings (SSSR count). The van der Waals surface area contributed by atoms with E-state index < -0.39 is 0 Å². The highest BCUT2D eigenvalue weighted by Crippen LogP contribution is 2.37. The summed E-state index contributed by atoms with van der Waals surface area (Å²) in [5.41, 5.74) is 6.61. The third kappa shape index (κ3) is 1.61. The molecule has 102 valence electrons. The van der Waals surface area contributed by atoms with Crippen molar-refractivity contribution in [2.24, 2.45) is 0 Å². The average Bonchev–Trinajstić information content (AvgIpc) is 3.09. The maximum Gasteiger partial charge on any atom is 0.0565 e. The Bertz CT molecular complexity index is 752. The van der Waals surface area contributed by atoms with Crippen molar-refractivity contribution in [2.45, 2.75) is 18.9 Å². The number of nitrogens with zero attached hydrogens (tertiary/aromatic N) is 2. The quantitative estimate of drug-likeness (QED) is 0.749. The van der Waals surface area contributed by atoms with E-state index in [0.717, 1.165) is 12.8 Å². The van der Waals surface area contributed by atoms with Crippen LogP contribution in [0.2, 0.25) is 0 Å². The van der Waals surface area contributed by atoms with Crippen LogP contribution in [0.1, 0.15) is 11.1 Å². The van der Waals surface area contributed by atoms with Gasteiger partial charge in [-0.15, -0.1) is 0 Å². The van der Waals surface area contributed by atoms with Gasteiger partial charge in [0.15, 0.2) is 0 Å². The molecule has 3 aromatic rings. The standard InChI is InChI=1S/C16H18N4/c1-20(2)12-5-10-7-17-15-4-3-13(11-8-18-19-9-11)14(6-12)16(10)15/h3-4,7-9,12,17H,5-6H2,1-2H3,(H,18,19)/t12-/m0/s1. The van der Waals surface area contributed by atoms with Crippen LogP contribution in [0.3, 0.4) is 0 Å². The second-order valence-electron chi connectivity index (χ2n) is 5.84. The zero-order valence-electron chi connectivity index (χ0n) is 11.8. The largest absolute Gasteiger partial charge is 0.361 e. The van der Waals surface area contributed by atoms with Crippen molar-refractivity contribution in [3.05, 3.63) is 41.9 Å². The highest BCUT2D eigenvalue weighted by Gasteiger charge is 2.25. The Balaban J connectivity index is 1.96. The first kappa shape index (κ1) is 11.7. The van der Waals surface area contributed by atoms with Gasteiger partial charge >= 0.3 is 0 Å². The predicted molar refractivity (Wildman–Crippen MR) is 80.8 cm³/mol. The summed E-state index contributed by atoms with van der Waals surface area (Å²) in [5.74, 6) is 0. The summed E-state index contributed by atoms with van der Waals surface area (Å²) < 4.78 is 0. The molecule has 0 aliphatic heterocycles. The van der Waals surface area contributed by atoms with E-state index in [1.165, 1.54) is 33.2 Å². The number of likely N-dealkylation sites (N-methyl/N-ethyl adjacent to an activating group) is 1. The number of H-pyrrole nitrogens is 2.